The van der Waals surface area contributed by atoms with Crippen molar-refractivity contribution in [2.45, 2.75) is 5.66 Å². The van der Waals surface area contributed by atoms with Gasteiger partial charge in [-0.15, -0.1) is 0 Å². The number of hydrogen-bond acceptors (Lipinski definition) is 5. The Hall–Kier alpha value is -3.54. The van der Waals surface area contributed by atoms with Crippen LogP contribution in [-0.2, 0) is 5.66 Å². The first kappa shape index (κ1) is 15.0. The molecule has 3 aromatic rings. The first-order chi connectivity index (χ1) is 12.1. The van der Waals surface area contributed by atoms with Crippen LogP contribution in [0.15, 0.2) is 72.8 Å². The SMILES string of the molecule is O=[N+]([O-])c1c(O)ccc2c1NC(c1ccccc1)(c1ccccc1)N2. The van der Waals surface area contributed by atoms with E-state index in [4.69, 9.17) is 0 Å². The van der Waals surface area contributed by atoms with Gasteiger partial charge in [0.2, 0.25) is 0 Å². The summed E-state index contributed by atoms with van der Waals surface area (Å²) in [4.78, 5) is 10.9. The van der Waals surface area contributed by atoms with Crippen molar-refractivity contribution < 1.29 is 10.0 Å². The van der Waals surface area contributed by atoms with Gasteiger partial charge in [-0.3, -0.25) is 10.1 Å². The molecule has 0 spiro atoms. The van der Waals surface area contributed by atoms with Crippen LogP contribution in [0.1, 0.15) is 11.1 Å². The summed E-state index contributed by atoms with van der Waals surface area (Å²) in [6.45, 7) is 0. The zero-order chi connectivity index (χ0) is 17.4. The minimum absolute atomic E-state index is 0.276. The van der Waals surface area contributed by atoms with E-state index in [9.17, 15) is 15.2 Å². The van der Waals surface area contributed by atoms with Crippen molar-refractivity contribution in [3.8, 4) is 5.75 Å². The highest BCUT2D eigenvalue weighted by Gasteiger charge is 2.43. The lowest BCUT2D eigenvalue weighted by Crippen LogP contribution is -2.40. The maximum Gasteiger partial charge on any atom is 0.335 e. The van der Waals surface area contributed by atoms with Crippen molar-refractivity contribution in [1.29, 1.82) is 0 Å². The second-order valence-corrected chi connectivity index (χ2v) is 5.85. The molecule has 0 aliphatic carbocycles. The number of nitro benzene ring substituents is 1. The van der Waals surface area contributed by atoms with Gasteiger partial charge in [0.15, 0.2) is 11.4 Å². The number of nitro groups is 1. The molecule has 0 saturated heterocycles. The molecule has 1 aliphatic rings. The van der Waals surface area contributed by atoms with Crippen molar-refractivity contribution in [1.82, 2.24) is 0 Å². The van der Waals surface area contributed by atoms with Crippen molar-refractivity contribution in [2.75, 3.05) is 10.6 Å². The van der Waals surface area contributed by atoms with E-state index >= 15 is 0 Å². The van der Waals surface area contributed by atoms with Crippen LogP contribution in [0.25, 0.3) is 0 Å². The Labute approximate surface area is 143 Å². The van der Waals surface area contributed by atoms with Crippen molar-refractivity contribution in [2.24, 2.45) is 0 Å². The van der Waals surface area contributed by atoms with Gasteiger partial charge < -0.3 is 15.7 Å². The molecule has 0 saturated carbocycles. The molecule has 1 aliphatic heterocycles. The second kappa shape index (κ2) is 5.52. The average molecular weight is 333 g/mol. The quantitative estimate of drug-likeness (QED) is 0.382. The monoisotopic (exact) mass is 333 g/mol. The first-order valence-corrected chi connectivity index (χ1v) is 7.79. The lowest BCUT2D eigenvalue weighted by Gasteiger charge is -2.32. The standard InChI is InChI=1S/C19H15N3O3/c23-16-12-11-15-17(18(16)22(24)25)21-19(20-15,13-7-3-1-4-8-13)14-9-5-2-6-10-14/h1-12,20-21,23H. The van der Waals surface area contributed by atoms with Gasteiger partial charge in [0.1, 0.15) is 5.69 Å². The van der Waals surface area contributed by atoms with Gasteiger partial charge in [0.05, 0.1) is 10.6 Å². The van der Waals surface area contributed by atoms with Crippen LogP contribution >= 0.6 is 0 Å². The summed E-state index contributed by atoms with van der Waals surface area (Å²) in [5.41, 5.74) is 1.47. The van der Waals surface area contributed by atoms with E-state index in [0.29, 0.717) is 5.69 Å². The fraction of sp³-hybridized carbons (Fsp3) is 0.0526. The molecule has 0 fully saturated rings. The number of fused-ring (bicyclic) bond motifs is 1. The fourth-order valence-electron chi connectivity index (χ4n) is 3.25. The number of nitrogens with zero attached hydrogens (tertiary/aromatic N) is 1. The molecule has 6 nitrogen and oxygen atoms in total. The molecule has 25 heavy (non-hydrogen) atoms. The first-order valence-electron chi connectivity index (χ1n) is 7.79. The van der Waals surface area contributed by atoms with Gasteiger partial charge in [-0.05, 0) is 12.1 Å². The summed E-state index contributed by atoms with van der Waals surface area (Å²) in [5, 5.41) is 28.0. The van der Waals surface area contributed by atoms with Gasteiger partial charge in [-0.2, -0.15) is 0 Å². The molecular formula is C19H15N3O3. The third-order valence-electron chi connectivity index (χ3n) is 4.39. The molecule has 0 aromatic heterocycles. The molecule has 4 rings (SSSR count). The molecular weight excluding hydrogens is 318 g/mol. The van der Waals surface area contributed by atoms with E-state index in [2.05, 4.69) is 10.6 Å². The Kier molecular flexibility index (Phi) is 3.32. The van der Waals surface area contributed by atoms with Gasteiger partial charge in [-0.25, -0.2) is 0 Å². The molecule has 0 amide bonds. The van der Waals surface area contributed by atoms with Gasteiger partial charge in [-0.1, -0.05) is 60.7 Å². The Bertz CT molecular complexity index is 903. The lowest BCUT2D eigenvalue weighted by molar-refractivity contribution is -0.384. The van der Waals surface area contributed by atoms with E-state index in [1.54, 1.807) is 6.07 Å². The molecule has 6 heteroatoms. The summed E-state index contributed by atoms with van der Waals surface area (Å²) in [6.07, 6.45) is 0. The van der Waals surface area contributed by atoms with Crippen molar-refractivity contribution in [3.63, 3.8) is 0 Å². The number of phenols is 1. The van der Waals surface area contributed by atoms with Gasteiger partial charge >= 0.3 is 5.69 Å². The molecule has 3 N–H and O–H groups in total. The predicted molar refractivity (Wildman–Crippen MR) is 95.7 cm³/mol. The van der Waals surface area contributed by atoms with Crippen molar-refractivity contribution in [3.05, 3.63) is 94.0 Å². The number of anilines is 2. The second-order valence-electron chi connectivity index (χ2n) is 5.85. The zero-order valence-electron chi connectivity index (χ0n) is 13.1. The van der Waals surface area contributed by atoms with Crippen LogP contribution in [-0.4, -0.2) is 10.0 Å². The predicted octanol–water partition coefficient (Wildman–Crippen LogP) is 4.04. The smallest absolute Gasteiger partial charge is 0.335 e. The van der Waals surface area contributed by atoms with E-state index < -0.39 is 10.6 Å². The number of phenolic OH excluding ortho intramolecular Hbond substituents is 1. The Morgan fingerprint density at radius 2 is 1.40 bits per heavy atom. The van der Waals surface area contributed by atoms with Crippen LogP contribution in [0.2, 0.25) is 0 Å². The number of benzene rings is 3. The molecule has 124 valence electrons. The molecule has 0 bridgehead atoms. The Morgan fingerprint density at radius 3 is 1.92 bits per heavy atom. The minimum Gasteiger partial charge on any atom is -0.502 e. The van der Waals surface area contributed by atoms with Crippen LogP contribution in [0, 0.1) is 10.1 Å². The van der Waals surface area contributed by atoms with E-state index in [-0.39, 0.29) is 17.1 Å². The van der Waals surface area contributed by atoms with Crippen LogP contribution in [0.3, 0.4) is 0 Å². The highest BCUT2D eigenvalue weighted by atomic mass is 16.6. The fourth-order valence-corrected chi connectivity index (χ4v) is 3.25. The normalized spacial score (nSPS) is 14.2. The lowest BCUT2D eigenvalue weighted by atomic mass is 9.91. The molecule has 0 atom stereocenters. The molecule has 0 radical (unpaired) electrons. The minimum atomic E-state index is -0.858. The van der Waals surface area contributed by atoms with Crippen LogP contribution in [0.4, 0.5) is 17.1 Å². The summed E-state index contributed by atoms with van der Waals surface area (Å²) in [6, 6.07) is 22.3. The third-order valence-corrected chi connectivity index (χ3v) is 4.39. The molecule has 3 aromatic carbocycles. The Morgan fingerprint density at radius 1 is 0.840 bits per heavy atom. The number of nitrogens with one attached hydrogen (secondary N) is 2. The molecule has 0 unspecified atom stereocenters. The van der Waals surface area contributed by atoms with Gasteiger partial charge in [0.25, 0.3) is 0 Å². The van der Waals surface area contributed by atoms with Crippen molar-refractivity contribution >= 4 is 17.1 Å². The summed E-state index contributed by atoms with van der Waals surface area (Å²) < 4.78 is 0. The maximum absolute atomic E-state index is 11.4. The van der Waals surface area contributed by atoms with Gasteiger partial charge in [0, 0.05) is 11.1 Å². The molecule has 1 heterocycles. The third kappa shape index (κ3) is 2.27. The summed E-state index contributed by atoms with van der Waals surface area (Å²) >= 11 is 0. The number of hydrogen-bond donors (Lipinski definition) is 3. The largest absolute Gasteiger partial charge is 0.502 e. The van der Waals surface area contributed by atoms with E-state index in [1.807, 2.05) is 60.7 Å². The average Bonchev–Trinajstić information content (AvgIpc) is 3.03. The highest BCUT2D eigenvalue weighted by molar-refractivity contribution is 5.88. The maximum atomic E-state index is 11.4. The topological polar surface area (TPSA) is 87.4 Å². The van der Waals surface area contributed by atoms with E-state index in [1.165, 1.54) is 6.07 Å². The summed E-state index contributed by atoms with van der Waals surface area (Å²) in [7, 11) is 0. The zero-order valence-corrected chi connectivity index (χ0v) is 13.1. The van der Waals surface area contributed by atoms with E-state index in [0.717, 1.165) is 11.1 Å². The van der Waals surface area contributed by atoms with Crippen LogP contribution < -0.4 is 10.6 Å². The Balaban J connectivity index is 1.94. The number of rotatable bonds is 3. The highest BCUT2D eigenvalue weighted by Crippen LogP contribution is 2.50. The number of aromatic hydroxyl groups is 1. The van der Waals surface area contributed by atoms with Crippen LogP contribution in [0.5, 0.6) is 5.75 Å². The summed E-state index contributed by atoms with van der Waals surface area (Å²) in [5.74, 6) is -0.366.